The summed E-state index contributed by atoms with van der Waals surface area (Å²) in [5.41, 5.74) is 32.7. The Kier molecular flexibility index (Phi) is 9.92. The van der Waals surface area contributed by atoms with Gasteiger partial charge in [-0.2, -0.15) is 0 Å². The molecule has 0 amide bonds. The Bertz CT molecular complexity index is 3490. The number of rotatable bonds is 2. The van der Waals surface area contributed by atoms with Gasteiger partial charge in [-0.25, -0.2) is 0 Å². The number of aryl methyl sites for hydroxylation is 4. The summed E-state index contributed by atoms with van der Waals surface area (Å²) in [6, 6.07) is 33.4. The summed E-state index contributed by atoms with van der Waals surface area (Å²) in [4.78, 5) is 8.79. The summed E-state index contributed by atoms with van der Waals surface area (Å²) < 4.78 is 0. The average molecular weight is 992 g/mol. The van der Waals surface area contributed by atoms with Crippen molar-refractivity contribution in [3.8, 4) is 11.1 Å². The van der Waals surface area contributed by atoms with Gasteiger partial charge < -0.3 is 14.7 Å². The first-order chi connectivity index (χ1) is 35.0. The SMILES string of the molecule is Cc1cc(C)c2c3c1B1c4ccc5c(c4N(c4c(C)cc(C(C)(C)C)cc4C)c4cc(N6c7ccc(C(C)(C)C)cc7C7(C)CCCCC67C)cc(c41)N3C1(C)CCCCC21C)C(C)(C)c1ccc(C(C)(C)C)cc1-5. The van der Waals surface area contributed by atoms with E-state index in [0.29, 0.717) is 0 Å². The van der Waals surface area contributed by atoms with E-state index in [0.717, 1.165) is 0 Å². The number of fused-ring (bicyclic) bond motifs is 14. The van der Waals surface area contributed by atoms with Gasteiger partial charge in [0, 0.05) is 50.4 Å². The molecule has 13 rings (SSSR count). The monoisotopic (exact) mass is 992 g/mol. The molecule has 7 aliphatic rings. The molecule has 0 radical (unpaired) electrons. The standard InChI is InChI=1S/C71H86BN3/c1-41-34-42(2)59-63-57(41)69(17)31-21-23-33-71(69,19)75(63)56-40-48(74-54-29-25-46(65(8,9)10)38-52(54)68(16)30-20-22-32-70(68,74)18)39-55-60(56)72(59)53-28-26-49-50-37-45(64(5,6)7)24-27-51(50)67(14,15)58(49)62(53)73(55)61-43(3)35-47(36-44(61)4)66(11,12)13/h24-29,34-40H,20-23,30-33H2,1-19H3. The van der Waals surface area contributed by atoms with Crippen LogP contribution in [0.5, 0.6) is 0 Å². The minimum Gasteiger partial charge on any atom is -0.335 e. The predicted octanol–water partition coefficient (Wildman–Crippen LogP) is 17.2. The van der Waals surface area contributed by atoms with Crippen LogP contribution in [0.3, 0.4) is 0 Å². The maximum absolute atomic E-state index is 3.00. The van der Waals surface area contributed by atoms with Gasteiger partial charge in [0.15, 0.2) is 0 Å². The number of hydrogen-bond donors (Lipinski definition) is 0. The summed E-state index contributed by atoms with van der Waals surface area (Å²) in [6.45, 7) is 46.9. The second-order valence-corrected chi connectivity index (χ2v) is 29.9. The molecule has 4 heterocycles. The van der Waals surface area contributed by atoms with Crippen LogP contribution >= 0.6 is 0 Å². The first-order valence-electron chi connectivity index (χ1n) is 29.3. The van der Waals surface area contributed by atoms with Gasteiger partial charge in [0.25, 0.3) is 6.71 Å². The normalized spacial score (nSPS) is 25.6. The van der Waals surface area contributed by atoms with E-state index in [9.17, 15) is 0 Å². The first-order valence-corrected chi connectivity index (χ1v) is 29.3. The van der Waals surface area contributed by atoms with E-state index in [-0.39, 0.29) is 50.3 Å². The lowest BCUT2D eigenvalue weighted by atomic mass is 9.32. The molecule has 0 N–H and O–H groups in total. The largest absolute Gasteiger partial charge is 0.335 e. The molecule has 388 valence electrons. The summed E-state index contributed by atoms with van der Waals surface area (Å²) >= 11 is 0. The molecule has 75 heavy (non-hydrogen) atoms. The minimum atomic E-state index is -0.257. The van der Waals surface area contributed by atoms with Crippen LogP contribution < -0.4 is 31.1 Å². The Morgan fingerprint density at radius 1 is 0.427 bits per heavy atom. The smallest absolute Gasteiger partial charge is 0.252 e. The molecule has 4 heteroatoms. The highest BCUT2D eigenvalue weighted by molar-refractivity contribution is 7.00. The van der Waals surface area contributed by atoms with Crippen LogP contribution in [0.15, 0.2) is 78.9 Å². The van der Waals surface area contributed by atoms with Gasteiger partial charge in [-0.15, -0.1) is 0 Å². The third-order valence-electron chi connectivity index (χ3n) is 22.0. The Morgan fingerprint density at radius 3 is 1.64 bits per heavy atom. The van der Waals surface area contributed by atoms with Crippen LogP contribution in [0.4, 0.5) is 39.8 Å². The van der Waals surface area contributed by atoms with Crippen molar-refractivity contribution in [2.24, 2.45) is 0 Å². The van der Waals surface area contributed by atoms with Gasteiger partial charge in [0.05, 0.1) is 16.8 Å². The highest BCUT2D eigenvalue weighted by atomic mass is 15.3. The molecule has 0 spiro atoms. The average Bonchev–Trinajstić information content (AvgIpc) is 3.79. The van der Waals surface area contributed by atoms with Crippen molar-refractivity contribution in [1.29, 1.82) is 0 Å². The fourth-order valence-corrected chi connectivity index (χ4v) is 17.6. The second kappa shape index (κ2) is 15.1. The highest BCUT2D eigenvalue weighted by Crippen LogP contribution is 2.66. The minimum absolute atomic E-state index is 0.00213. The van der Waals surface area contributed by atoms with E-state index in [1.807, 2.05) is 0 Å². The Labute approximate surface area is 453 Å². The van der Waals surface area contributed by atoms with Crippen molar-refractivity contribution in [2.75, 3.05) is 14.7 Å². The van der Waals surface area contributed by atoms with Crippen molar-refractivity contribution in [2.45, 2.75) is 226 Å². The molecule has 3 nitrogen and oxygen atoms in total. The van der Waals surface area contributed by atoms with Crippen LogP contribution in [0.2, 0.25) is 0 Å². The zero-order valence-electron chi connectivity index (χ0n) is 49.6. The van der Waals surface area contributed by atoms with Gasteiger partial charge in [-0.3, -0.25) is 0 Å². The van der Waals surface area contributed by atoms with Crippen molar-refractivity contribution >= 4 is 62.9 Å². The lowest BCUT2D eigenvalue weighted by molar-refractivity contribution is 0.193. The van der Waals surface area contributed by atoms with Gasteiger partial charge in [0.1, 0.15) is 0 Å². The van der Waals surface area contributed by atoms with Crippen molar-refractivity contribution in [3.05, 3.63) is 140 Å². The van der Waals surface area contributed by atoms with E-state index < -0.39 is 0 Å². The Balaban J connectivity index is 1.21. The fourth-order valence-electron chi connectivity index (χ4n) is 17.6. The third kappa shape index (κ3) is 6.13. The number of benzene rings is 6. The van der Waals surface area contributed by atoms with Gasteiger partial charge in [0.2, 0.25) is 0 Å². The van der Waals surface area contributed by atoms with E-state index in [2.05, 4.69) is 225 Å². The van der Waals surface area contributed by atoms with Gasteiger partial charge >= 0.3 is 0 Å². The zero-order chi connectivity index (χ0) is 53.4. The van der Waals surface area contributed by atoms with Crippen LogP contribution in [-0.4, -0.2) is 17.8 Å². The summed E-state index contributed by atoms with van der Waals surface area (Å²) in [7, 11) is 0. The number of nitrogens with zero attached hydrogens (tertiary/aromatic N) is 3. The molecular formula is C71H86BN3. The van der Waals surface area contributed by atoms with Crippen molar-refractivity contribution in [1.82, 2.24) is 0 Å². The quantitative estimate of drug-likeness (QED) is 0.160. The van der Waals surface area contributed by atoms with E-state index >= 15 is 0 Å². The maximum Gasteiger partial charge on any atom is 0.252 e. The number of anilines is 7. The maximum atomic E-state index is 3.00. The summed E-state index contributed by atoms with van der Waals surface area (Å²) in [5.74, 6) is 0. The van der Waals surface area contributed by atoms with Gasteiger partial charge in [-0.05, 0) is 185 Å². The topological polar surface area (TPSA) is 9.72 Å². The Morgan fingerprint density at radius 2 is 1.00 bits per heavy atom. The molecule has 4 unspecified atom stereocenters. The fraction of sp³-hybridized carbons (Fsp3) is 0.493. The molecule has 3 aliphatic carbocycles. The van der Waals surface area contributed by atoms with Crippen LogP contribution in [-0.2, 0) is 32.5 Å². The zero-order valence-corrected chi connectivity index (χ0v) is 49.6. The van der Waals surface area contributed by atoms with E-state index in [1.165, 1.54) is 163 Å². The predicted molar refractivity (Wildman–Crippen MR) is 324 cm³/mol. The van der Waals surface area contributed by atoms with Crippen LogP contribution in [0.25, 0.3) is 11.1 Å². The molecule has 6 aromatic carbocycles. The van der Waals surface area contributed by atoms with Crippen LogP contribution in [0, 0.1) is 27.7 Å². The molecule has 0 aromatic heterocycles. The molecular weight excluding hydrogens is 906 g/mol. The summed E-state index contributed by atoms with van der Waals surface area (Å²) in [5, 5.41) is 0. The molecule has 2 fully saturated rings. The van der Waals surface area contributed by atoms with E-state index in [1.54, 1.807) is 16.6 Å². The third-order valence-corrected chi connectivity index (χ3v) is 22.0. The molecule has 0 bridgehead atoms. The first kappa shape index (κ1) is 49.4. The molecule has 0 saturated heterocycles. The highest BCUT2D eigenvalue weighted by Gasteiger charge is 2.64. The summed E-state index contributed by atoms with van der Waals surface area (Å²) in [6.07, 6.45) is 9.82. The molecule has 6 aromatic rings. The van der Waals surface area contributed by atoms with Crippen molar-refractivity contribution < 1.29 is 0 Å². The van der Waals surface area contributed by atoms with Gasteiger partial charge in [-0.1, -0.05) is 182 Å². The number of hydrogen-bond acceptors (Lipinski definition) is 3. The second-order valence-electron chi connectivity index (χ2n) is 29.9. The molecule has 4 aliphatic heterocycles. The lowest BCUT2D eigenvalue weighted by Gasteiger charge is -2.54. The lowest BCUT2D eigenvalue weighted by Crippen LogP contribution is -2.65. The van der Waals surface area contributed by atoms with E-state index in [4.69, 9.17) is 0 Å². The molecule has 2 saturated carbocycles. The van der Waals surface area contributed by atoms with Crippen molar-refractivity contribution in [3.63, 3.8) is 0 Å². The molecule has 4 atom stereocenters. The van der Waals surface area contributed by atoms with Crippen LogP contribution in [0.1, 0.15) is 216 Å². The Hall–Kier alpha value is -5.22.